The molecule has 0 amide bonds. The zero-order valence-corrected chi connectivity index (χ0v) is 9.84. The van der Waals surface area contributed by atoms with Crippen molar-refractivity contribution in [3.05, 3.63) is 6.33 Å². The molecular weight excluding hydrogens is 220 g/mol. The largest absolute Gasteiger partial charge is 0.464 e. The predicted octanol–water partition coefficient (Wildman–Crippen LogP) is 0.984. The van der Waals surface area contributed by atoms with E-state index in [-0.39, 0.29) is 18.5 Å². The number of carbonyl (C=O) groups is 1. The van der Waals surface area contributed by atoms with E-state index in [0.717, 1.165) is 12.3 Å². The van der Waals surface area contributed by atoms with Gasteiger partial charge in [0.15, 0.2) is 0 Å². The van der Waals surface area contributed by atoms with Crippen LogP contribution in [0, 0.1) is 5.92 Å². The number of aromatic nitrogens is 3. The van der Waals surface area contributed by atoms with E-state index in [9.17, 15) is 4.79 Å². The van der Waals surface area contributed by atoms with Crippen LogP contribution in [0.15, 0.2) is 6.33 Å². The van der Waals surface area contributed by atoms with Gasteiger partial charge in [0.1, 0.15) is 12.9 Å². The maximum Gasteiger partial charge on any atom is 0.327 e. The molecule has 0 radical (unpaired) electrons. The normalized spacial score (nSPS) is 16.2. The molecule has 0 unspecified atom stereocenters. The van der Waals surface area contributed by atoms with Gasteiger partial charge >= 0.3 is 5.97 Å². The zero-order valence-electron chi connectivity index (χ0n) is 9.84. The van der Waals surface area contributed by atoms with Crippen molar-refractivity contribution in [2.24, 2.45) is 5.92 Å². The number of rotatable bonds is 5. The summed E-state index contributed by atoms with van der Waals surface area (Å²) in [4.78, 5) is 15.2. The van der Waals surface area contributed by atoms with Crippen LogP contribution >= 0.6 is 0 Å². The third-order valence-corrected chi connectivity index (χ3v) is 3.11. The summed E-state index contributed by atoms with van der Waals surface area (Å²) in [7, 11) is 0. The smallest absolute Gasteiger partial charge is 0.327 e. The summed E-state index contributed by atoms with van der Waals surface area (Å²) in [5.41, 5.74) is 5.34. The molecule has 1 heterocycles. The van der Waals surface area contributed by atoms with Crippen LogP contribution in [0.5, 0.6) is 0 Å². The Bertz CT molecular complexity index is 371. The molecular formula is C11H18N4O2. The first-order valence-electron chi connectivity index (χ1n) is 6.04. The van der Waals surface area contributed by atoms with E-state index in [4.69, 9.17) is 10.5 Å². The van der Waals surface area contributed by atoms with Crippen LogP contribution in [0.25, 0.3) is 0 Å². The highest BCUT2D eigenvalue weighted by atomic mass is 16.5. The Morgan fingerprint density at radius 1 is 1.53 bits per heavy atom. The third kappa shape index (κ3) is 3.72. The number of hydrogen-bond acceptors (Lipinski definition) is 5. The van der Waals surface area contributed by atoms with Gasteiger partial charge in [0.25, 0.3) is 0 Å². The standard InChI is InChI=1S/C11H18N4O2/c12-11-13-8-15(14-11)7-10(16)17-6-5-9-3-1-2-4-9/h8-9H,1-7H2,(H2,12,14). The first-order chi connectivity index (χ1) is 8.24. The van der Waals surface area contributed by atoms with Gasteiger partial charge in [-0.2, -0.15) is 0 Å². The molecule has 1 saturated carbocycles. The fourth-order valence-electron chi connectivity index (χ4n) is 2.20. The SMILES string of the molecule is Nc1ncn(CC(=O)OCCC2CCCC2)n1. The van der Waals surface area contributed by atoms with Crippen LogP contribution < -0.4 is 5.73 Å². The average Bonchev–Trinajstić information content (AvgIpc) is 2.90. The highest BCUT2D eigenvalue weighted by molar-refractivity contribution is 5.68. The minimum absolute atomic E-state index is 0.0782. The van der Waals surface area contributed by atoms with Crippen molar-refractivity contribution in [2.75, 3.05) is 12.3 Å². The lowest BCUT2D eigenvalue weighted by Crippen LogP contribution is -2.15. The Balaban J connectivity index is 1.63. The minimum Gasteiger partial charge on any atom is -0.464 e. The molecule has 0 aromatic carbocycles. The van der Waals surface area contributed by atoms with E-state index in [1.807, 2.05) is 0 Å². The molecule has 1 aliphatic carbocycles. The van der Waals surface area contributed by atoms with E-state index >= 15 is 0 Å². The molecule has 0 spiro atoms. The molecule has 2 N–H and O–H groups in total. The van der Waals surface area contributed by atoms with Gasteiger partial charge in [0.05, 0.1) is 6.61 Å². The highest BCUT2D eigenvalue weighted by Crippen LogP contribution is 2.27. The van der Waals surface area contributed by atoms with Gasteiger partial charge in [0, 0.05) is 0 Å². The number of ether oxygens (including phenoxy) is 1. The van der Waals surface area contributed by atoms with E-state index in [1.54, 1.807) is 0 Å². The molecule has 6 nitrogen and oxygen atoms in total. The average molecular weight is 238 g/mol. The molecule has 17 heavy (non-hydrogen) atoms. The first kappa shape index (κ1) is 11.9. The lowest BCUT2D eigenvalue weighted by Gasteiger charge is -2.09. The Hall–Kier alpha value is -1.59. The van der Waals surface area contributed by atoms with Crippen LogP contribution in [-0.2, 0) is 16.1 Å². The number of nitrogen functional groups attached to an aromatic ring is 1. The summed E-state index contributed by atoms with van der Waals surface area (Å²) in [5, 5.41) is 3.82. The molecule has 0 bridgehead atoms. The zero-order chi connectivity index (χ0) is 12.1. The number of esters is 1. The molecule has 0 atom stereocenters. The van der Waals surface area contributed by atoms with Gasteiger partial charge in [-0.25, -0.2) is 9.67 Å². The number of nitrogens with zero attached hydrogens (tertiary/aromatic N) is 3. The maximum absolute atomic E-state index is 11.4. The molecule has 2 rings (SSSR count). The monoisotopic (exact) mass is 238 g/mol. The van der Waals surface area contributed by atoms with Gasteiger partial charge < -0.3 is 10.5 Å². The molecule has 1 fully saturated rings. The Morgan fingerprint density at radius 2 is 2.29 bits per heavy atom. The van der Waals surface area contributed by atoms with Crippen LogP contribution in [0.4, 0.5) is 5.95 Å². The van der Waals surface area contributed by atoms with E-state index < -0.39 is 0 Å². The summed E-state index contributed by atoms with van der Waals surface area (Å²) in [6, 6.07) is 0. The van der Waals surface area contributed by atoms with Gasteiger partial charge in [-0.1, -0.05) is 25.7 Å². The Kier molecular flexibility index (Phi) is 3.95. The van der Waals surface area contributed by atoms with E-state index in [0.29, 0.717) is 6.61 Å². The number of nitrogens with two attached hydrogens (primary N) is 1. The molecule has 1 aromatic heterocycles. The summed E-state index contributed by atoms with van der Waals surface area (Å²) in [6.45, 7) is 0.586. The van der Waals surface area contributed by atoms with Gasteiger partial charge in [-0.05, 0) is 12.3 Å². The Labute approximate surface area is 100 Å². The van der Waals surface area contributed by atoms with Gasteiger partial charge in [0.2, 0.25) is 5.95 Å². The predicted molar refractivity (Wildman–Crippen MR) is 62.0 cm³/mol. The van der Waals surface area contributed by atoms with E-state index in [1.165, 1.54) is 36.7 Å². The van der Waals surface area contributed by atoms with Crippen molar-refractivity contribution in [1.29, 1.82) is 0 Å². The van der Waals surface area contributed by atoms with Crippen molar-refractivity contribution < 1.29 is 9.53 Å². The maximum atomic E-state index is 11.4. The van der Waals surface area contributed by atoms with Crippen molar-refractivity contribution in [3.63, 3.8) is 0 Å². The van der Waals surface area contributed by atoms with Crippen molar-refractivity contribution in [2.45, 2.75) is 38.6 Å². The molecule has 0 saturated heterocycles. The molecule has 0 aliphatic heterocycles. The van der Waals surface area contributed by atoms with Crippen LogP contribution in [0.3, 0.4) is 0 Å². The summed E-state index contributed by atoms with van der Waals surface area (Å²) in [6.07, 6.45) is 7.58. The summed E-state index contributed by atoms with van der Waals surface area (Å²) >= 11 is 0. The molecule has 94 valence electrons. The quantitative estimate of drug-likeness (QED) is 0.773. The van der Waals surface area contributed by atoms with Gasteiger partial charge in [-0.3, -0.25) is 4.79 Å². The van der Waals surface area contributed by atoms with Crippen LogP contribution in [-0.4, -0.2) is 27.3 Å². The second kappa shape index (κ2) is 5.65. The summed E-state index contributed by atoms with van der Waals surface area (Å²) < 4.78 is 6.53. The Morgan fingerprint density at radius 3 is 2.94 bits per heavy atom. The number of anilines is 1. The number of carbonyl (C=O) groups excluding carboxylic acids is 1. The van der Waals surface area contributed by atoms with Crippen LogP contribution in [0.1, 0.15) is 32.1 Å². The third-order valence-electron chi connectivity index (χ3n) is 3.11. The van der Waals surface area contributed by atoms with Crippen LogP contribution in [0.2, 0.25) is 0 Å². The second-order valence-corrected chi connectivity index (χ2v) is 4.46. The second-order valence-electron chi connectivity index (χ2n) is 4.46. The molecule has 1 aromatic rings. The van der Waals surface area contributed by atoms with Crippen molar-refractivity contribution >= 4 is 11.9 Å². The van der Waals surface area contributed by atoms with E-state index in [2.05, 4.69) is 10.1 Å². The fraction of sp³-hybridized carbons (Fsp3) is 0.727. The minimum atomic E-state index is -0.284. The number of hydrogen-bond donors (Lipinski definition) is 1. The summed E-state index contributed by atoms with van der Waals surface area (Å²) in [5.74, 6) is 0.626. The lowest BCUT2D eigenvalue weighted by molar-refractivity contribution is -0.144. The topological polar surface area (TPSA) is 83.0 Å². The first-order valence-corrected chi connectivity index (χ1v) is 6.04. The lowest BCUT2D eigenvalue weighted by atomic mass is 10.1. The highest BCUT2D eigenvalue weighted by Gasteiger charge is 2.15. The van der Waals surface area contributed by atoms with Crippen molar-refractivity contribution in [3.8, 4) is 0 Å². The fourth-order valence-corrected chi connectivity index (χ4v) is 2.20. The van der Waals surface area contributed by atoms with Gasteiger partial charge in [-0.15, -0.1) is 5.10 Å². The molecule has 6 heteroatoms. The molecule has 1 aliphatic rings. The van der Waals surface area contributed by atoms with Crippen molar-refractivity contribution in [1.82, 2.24) is 14.8 Å².